The standard InChI is InChI=1S/C22H27BrN2O4/c1-16(26)24-20-4-2-3-5-21(20)29-15-19(27)14-25-12-10-22(28,11-13-25)17-6-8-18(23)9-7-17/h2-9,19,27-28H,10-15H2,1H3,(H,24,26). The Bertz CT molecular complexity index is 820. The van der Waals surface area contributed by atoms with Gasteiger partial charge >= 0.3 is 0 Å². The molecule has 7 heteroatoms. The lowest BCUT2D eigenvalue weighted by Crippen LogP contribution is -2.46. The molecule has 0 bridgehead atoms. The molecule has 1 amide bonds. The molecule has 2 aromatic rings. The summed E-state index contributed by atoms with van der Waals surface area (Å²) in [5.41, 5.74) is 0.694. The second-order valence-corrected chi connectivity index (χ2v) is 8.40. The van der Waals surface area contributed by atoms with Crippen molar-refractivity contribution in [3.05, 3.63) is 58.6 Å². The summed E-state index contributed by atoms with van der Waals surface area (Å²) >= 11 is 3.42. The van der Waals surface area contributed by atoms with Crippen molar-refractivity contribution in [1.82, 2.24) is 4.90 Å². The number of rotatable bonds is 7. The Morgan fingerprint density at radius 2 is 1.86 bits per heavy atom. The molecule has 3 rings (SSSR count). The van der Waals surface area contributed by atoms with E-state index in [4.69, 9.17) is 4.74 Å². The highest BCUT2D eigenvalue weighted by Crippen LogP contribution is 2.33. The molecule has 1 aliphatic heterocycles. The number of hydrogen-bond donors (Lipinski definition) is 3. The zero-order chi connectivity index (χ0) is 20.9. The molecule has 2 aromatic carbocycles. The molecule has 0 aromatic heterocycles. The highest BCUT2D eigenvalue weighted by molar-refractivity contribution is 9.10. The van der Waals surface area contributed by atoms with E-state index in [0.717, 1.165) is 10.0 Å². The van der Waals surface area contributed by atoms with Gasteiger partial charge in [0.25, 0.3) is 0 Å². The maximum atomic E-state index is 11.3. The summed E-state index contributed by atoms with van der Waals surface area (Å²) in [6.07, 6.45) is 0.570. The van der Waals surface area contributed by atoms with Gasteiger partial charge in [-0.1, -0.05) is 40.2 Å². The van der Waals surface area contributed by atoms with Crippen LogP contribution in [0.25, 0.3) is 0 Å². The molecule has 156 valence electrons. The second-order valence-electron chi connectivity index (χ2n) is 7.48. The Morgan fingerprint density at radius 1 is 1.21 bits per heavy atom. The number of aliphatic hydroxyl groups excluding tert-OH is 1. The third-order valence-corrected chi connectivity index (χ3v) is 5.69. The third-order valence-electron chi connectivity index (χ3n) is 5.16. The van der Waals surface area contributed by atoms with Gasteiger partial charge < -0.3 is 25.2 Å². The highest BCUT2D eigenvalue weighted by atomic mass is 79.9. The fourth-order valence-corrected chi connectivity index (χ4v) is 3.84. The maximum Gasteiger partial charge on any atom is 0.221 e. The van der Waals surface area contributed by atoms with Crippen LogP contribution < -0.4 is 10.1 Å². The minimum atomic E-state index is -0.823. The minimum Gasteiger partial charge on any atom is -0.489 e. The number of amides is 1. The number of benzene rings is 2. The van der Waals surface area contributed by atoms with Crippen LogP contribution >= 0.6 is 15.9 Å². The molecule has 3 N–H and O–H groups in total. The predicted octanol–water partition coefficient (Wildman–Crippen LogP) is 3.13. The van der Waals surface area contributed by atoms with E-state index in [1.807, 2.05) is 36.4 Å². The molecular weight excluding hydrogens is 436 g/mol. The third kappa shape index (κ3) is 6.02. The van der Waals surface area contributed by atoms with E-state index in [9.17, 15) is 15.0 Å². The molecule has 0 aliphatic carbocycles. The van der Waals surface area contributed by atoms with Crippen LogP contribution in [0.3, 0.4) is 0 Å². The van der Waals surface area contributed by atoms with Crippen LogP contribution in [0.5, 0.6) is 5.75 Å². The molecule has 1 saturated heterocycles. The van der Waals surface area contributed by atoms with E-state index >= 15 is 0 Å². The van der Waals surface area contributed by atoms with Crippen molar-refractivity contribution in [3.8, 4) is 5.75 Å². The molecule has 0 saturated carbocycles. The highest BCUT2D eigenvalue weighted by Gasteiger charge is 2.34. The van der Waals surface area contributed by atoms with Gasteiger partial charge in [0.1, 0.15) is 18.5 Å². The number of carbonyl (C=O) groups excluding carboxylic acids is 1. The molecular formula is C22H27BrN2O4. The number of nitrogens with zero attached hydrogens (tertiary/aromatic N) is 1. The number of para-hydroxylation sites is 2. The van der Waals surface area contributed by atoms with Crippen LogP contribution in [0.1, 0.15) is 25.3 Å². The molecule has 6 nitrogen and oxygen atoms in total. The molecule has 0 radical (unpaired) electrons. The van der Waals surface area contributed by atoms with Gasteiger partial charge in [-0.2, -0.15) is 0 Å². The summed E-state index contributed by atoms with van der Waals surface area (Å²) in [4.78, 5) is 13.4. The van der Waals surface area contributed by atoms with Crippen molar-refractivity contribution in [2.45, 2.75) is 31.5 Å². The van der Waals surface area contributed by atoms with E-state index in [2.05, 4.69) is 26.1 Å². The smallest absolute Gasteiger partial charge is 0.221 e. The van der Waals surface area contributed by atoms with Gasteiger partial charge in [0.05, 0.1) is 11.3 Å². The van der Waals surface area contributed by atoms with Crippen molar-refractivity contribution in [2.24, 2.45) is 0 Å². The summed E-state index contributed by atoms with van der Waals surface area (Å²) in [5, 5.41) is 24.1. The van der Waals surface area contributed by atoms with Gasteiger partial charge in [0.15, 0.2) is 0 Å². The Morgan fingerprint density at radius 3 is 2.52 bits per heavy atom. The average Bonchev–Trinajstić information content (AvgIpc) is 2.69. The fraction of sp³-hybridized carbons (Fsp3) is 0.409. The number of nitrogens with one attached hydrogen (secondary N) is 1. The minimum absolute atomic E-state index is 0.129. The largest absolute Gasteiger partial charge is 0.489 e. The number of ether oxygens (including phenoxy) is 1. The second kappa shape index (κ2) is 9.71. The first-order chi connectivity index (χ1) is 13.9. The summed E-state index contributed by atoms with van der Waals surface area (Å²) in [6, 6.07) is 15.0. The molecule has 1 unspecified atom stereocenters. The van der Waals surface area contributed by atoms with Gasteiger partial charge in [-0.3, -0.25) is 4.79 Å². The number of carbonyl (C=O) groups is 1. The van der Waals surface area contributed by atoms with E-state index in [-0.39, 0.29) is 12.5 Å². The van der Waals surface area contributed by atoms with Crippen LogP contribution in [-0.4, -0.2) is 53.4 Å². The first-order valence-corrected chi connectivity index (χ1v) is 10.5. The van der Waals surface area contributed by atoms with Crippen LogP contribution in [-0.2, 0) is 10.4 Å². The van der Waals surface area contributed by atoms with Crippen molar-refractivity contribution in [3.63, 3.8) is 0 Å². The molecule has 29 heavy (non-hydrogen) atoms. The van der Waals surface area contributed by atoms with Crippen molar-refractivity contribution < 1.29 is 19.7 Å². The summed E-state index contributed by atoms with van der Waals surface area (Å²) in [6.45, 7) is 3.44. The number of likely N-dealkylation sites (tertiary alicyclic amines) is 1. The average molecular weight is 463 g/mol. The van der Waals surface area contributed by atoms with Gasteiger partial charge in [0.2, 0.25) is 5.91 Å². The van der Waals surface area contributed by atoms with E-state index in [1.165, 1.54) is 6.92 Å². The zero-order valence-corrected chi connectivity index (χ0v) is 18.1. The SMILES string of the molecule is CC(=O)Nc1ccccc1OCC(O)CN1CCC(O)(c2ccc(Br)cc2)CC1. The lowest BCUT2D eigenvalue weighted by molar-refractivity contribution is -0.114. The van der Waals surface area contributed by atoms with Crippen LogP contribution in [0.4, 0.5) is 5.69 Å². The lowest BCUT2D eigenvalue weighted by Gasteiger charge is -2.39. The van der Waals surface area contributed by atoms with E-state index in [0.29, 0.717) is 43.9 Å². The number of hydrogen-bond acceptors (Lipinski definition) is 5. The quantitative estimate of drug-likeness (QED) is 0.588. The topological polar surface area (TPSA) is 82.0 Å². The maximum absolute atomic E-state index is 11.3. The Balaban J connectivity index is 1.48. The van der Waals surface area contributed by atoms with Gasteiger partial charge in [-0.15, -0.1) is 0 Å². The zero-order valence-electron chi connectivity index (χ0n) is 16.5. The molecule has 1 atom stereocenters. The number of aliphatic hydroxyl groups is 2. The molecule has 0 spiro atoms. The fourth-order valence-electron chi connectivity index (χ4n) is 3.58. The molecule has 1 heterocycles. The Kier molecular flexibility index (Phi) is 7.29. The van der Waals surface area contributed by atoms with E-state index < -0.39 is 11.7 Å². The van der Waals surface area contributed by atoms with Gasteiger partial charge in [0, 0.05) is 31.0 Å². The van der Waals surface area contributed by atoms with Crippen molar-refractivity contribution in [2.75, 3.05) is 31.6 Å². The van der Waals surface area contributed by atoms with E-state index in [1.54, 1.807) is 12.1 Å². The molecule has 1 aliphatic rings. The van der Waals surface area contributed by atoms with Crippen molar-refractivity contribution >= 4 is 27.5 Å². The monoisotopic (exact) mass is 462 g/mol. The first kappa shape index (κ1) is 21.8. The molecule has 1 fully saturated rings. The summed E-state index contributed by atoms with van der Waals surface area (Å²) < 4.78 is 6.71. The van der Waals surface area contributed by atoms with Crippen LogP contribution in [0.15, 0.2) is 53.0 Å². The Labute approximate surface area is 179 Å². The number of piperidine rings is 1. The van der Waals surface area contributed by atoms with Gasteiger partial charge in [-0.25, -0.2) is 0 Å². The lowest BCUT2D eigenvalue weighted by atomic mass is 9.84. The summed E-state index contributed by atoms with van der Waals surface area (Å²) in [7, 11) is 0. The predicted molar refractivity (Wildman–Crippen MR) is 116 cm³/mol. The number of β-amino-alcohol motifs (C(OH)–C–C–N with tert-alkyl or cyclic N) is 1. The van der Waals surface area contributed by atoms with Crippen LogP contribution in [0, 0.1) is 0 Å². The first-order valence-electron chi connectivity index (χ1n) is 9.74. The van der Waals surface area contributed by atoms with Crippen molar-refractivity contribution in [1.29, 1.82) is 0 Å². The van der Waals surface area contributed by atoms with Gasteiger partial charge in [-0.05, 0) is 42.7 Å². The number of anilines is 1. The number of halogens is 1. The summed E-state index contributed by atoms with van der Waals surface area (Å²) in [5.74, 6) is 0.359. The van der Waals surface area contributed by atoms with Crippen LogP contribution in [0.2, 0.25) is 0 Å². The Hall–Kier alpha value is -1.93. The normalized spacial score (nSPS) is 17.5.